The third-order valence-corrected chi connectivity index (χ3v) is 2.69. The van der Waals surface area contributed by atoms with E-state index in [0.717, 1.165) is 0 Å². The zero-order valence-corrected chi connectivity index (χ0v) is 8.02. The Labute approximate surface area is 68.6 Å². The summed E-state index contributed by atoms with van der Waals surface area (Å²) in [6.07, 6.45) is 0. The first-order valence-corrected chi connectivity index (χ1v) is 5.07. The molecule has 0 rings (SSSR count). The third-order valence-electron chi connectivity index (χ3n) is 0.772. The molecule has 10 heavy (non-hydrogen) atoms. The maximum absolute atomic E-state index is 5.35. The van der Waals surface area contributed by atoms with Gasteiger partial charge in [-0.25, -0.2) is 0 Å². The average Bonchev–Trinajstić information content (AvgIpc) is 1.90. The minimum absolute atomic E-state index is 0.676. The highest BCUT2D eigenvalue weighted by molar-refractivity contribution is 6.52. The van der Waals surface area contributed by atoms with Gasteiger partial charge in [0.25, 0.3) is 0 Å². The second-order valence-electron chi connectivity index (χ2n) is 1.48. The van der Waals surface area contributed by atoms with Gasteiger partial charge in [-0.2, -0.15) is 0 Å². The molecule has 59 valence electrons. The molecule has 0 atom stereocenters. The van der Waals surface area contributed by atoms with Crippen molar-refractivity contribution >= 4 is 20.9 Å². The molecule has 0 aliphatic heterocycles. The molecule has 0 N–H and O–H groups in total. The molecule has 0 bridgehead atoms. The Kier molecular flexibility index (Phi) is 7.40. The normalized spacial score (nSPS) is 11.6. The van der Waals surface area contributed by atoms with Gasteiger partial charge in [-0.05, 0) is 19.5 Å². The molecule has 0 heterocycles. The van der Waals surface area contributed by atoms with Crippen LogP contribution in [0, 0.1) is 0 Å². The summed E-state index contributed by atoms with van der Waals surface area (Å²) in [6.45, 7) is 5.22. The lowest BCUT2D eigenvalue weighted by Crippen LogP contribution is -2.20. The monoisotopic (exact) mass is 179 g/mol. The van der Waals surface area contributed by atoms with Crippen LogP contribution in [0.3, 0.4) is 0 Å². The van der Waals surface area contributed by atoms with Gasteiger partial charge in [-0.1, -0.05) is 11.6 Å². The molecule has 0 aromatic carbocycles. The van der Waals surface area contributed by atoms with Crippen molar-refractivity contribution in [1.29, 1.82) is 0 Å². The molecular formula is C6H12ClO2Si. The predicted octanol–water partition coefficient (Wildman–Crippen LogP) is 1.84. The second kappa shape index (κ2) is 7.28. The van der Waals surface area contributed by atoms with Crippen molar-refractivity contribution in [3.63, 3.8) is 0 Å². The highest BCUT2D eigenvalue weighted by Crippen LogP contribution is 1.92. The first kappa shape index (κ1) is 10.2. The molecule has 0 aliphatic carbocycles. The van der Waals surface area contributed by atoms with E-state index in [1.807, 2.05) is 13.8 Å². The summed E-state index contributed by atoms with van der Waals surface area (Å²) in [7, 11) is -1.21. The minimum Gasteiger partial charge on any atom is -0.391 e. The summed E-state index contributed by atoms with van der Waals surface area (Å²) in [4.78, 5) is 0. The van der Waals surface area contributed by atoms with E-state index >= 15 is 0 Å². The smallest absolute Gasteiger partial charge is 0.391 e. The molecule has 4 heteroatoms. The molecule has 0 saturated heterocycles. The fourth-order valence-electron chi connectivity index (χ4n) is 0.474. The number of hydrogen-bond acceptors (Lipinski definition) is 2. The molecule has 0 amide bonds. The van der Waals surface area contributed by atoms with Crippen LogP contribution >= 0.6 is 11.6 Å². The van der Waals surface area contributed by atoms with Gasteiger partial charge >= 0.3 is 9.28 Å². The van der Waals surface area contributed by atoms with Gasteiger partial charge in [-0.15, -0.1) is 0 Å². The van der Waals surface area contributed by atoms with Crippen LogP contribution in [-0.4, -0.2) is 22.5 Å². The first-order valence-electron chi connectivity index (χ1n) is 3.24. The lowest BCUT2D eigenvalue weighted by molar-refractivity contribution is 0.224. The average molecular weight is 180 g/mol. The highest BCUT2D eigenvalue weighted by atomic mass is 35.5. The van der Waals surface area contributed by atoms with E-state index in [4.69, 9.17) is 20.5 Å². The molecular weight excluding hydrogens is 168 g/mol. The minimum atomic E-state index is -1.21. The van der Waals surface area contributed by atoms with Crippen molar-refractivity contribution in [2.24, 2.45) is 0 Å². The van der Waals surface area contributed by atoms with Crippen LogP contribution in [-0.2, 0) is 8.85 Å². The Morgan fingerprint density at radius 3 is 2.10 bits per heavy atom. The zero-order chi connectivity index (χ0) is 7.82. The zero-order valence-electron chi connectivity index (χ0n) is 6.26. The van der Waals surface area contributed by atoms with E-state index in [2.05, 4.69) is 0 Å². The molecule has 0 aromatic heterocycles. The fraction of sp³-hybridized carbons (Fsp3) is 0.667. The summed E-state index contributed by atoms with van der Waals surface area (Å²) in [5.74, 6) is 0. The summed E-state index contributed by atoms with van der Waals surface area (Å²) in [5.41, 5.74) is 3.21. The van der Waals surface area contributed by atoms with Crippen LogP contribution in [0.2, 0.25) is 0 Å². The summed E-state index contributed by atoms with van der Waals surface area (Å²) in [5, 5.41) is 0. The van der Waals surface area contributed by atoms with E-state index in [9.17, 15) is 0 Å². The van der Waals surface area contributed by atoms with Gasteiger partial charge in [-0.3, -0.25) is 0 Å². The largest absolute Gasteiger partial charge is 0.416 e. The summed E-state index contributed by atoms with van der Waals surface area (Å²) < 4.78 is 10.5. The Morgan fingerprint density at radius 1 is 1.30 bits per heavy atom. The molecule has 1 radical (unpaired) electrons. The molecule has 2 nitrogen and oxygen atoms in total. The standard InChI is InChI=1S/C6H12ClO2Si/c1-3-8-10(6-5-7)9-4-2/h5-6H,3-4H2,1-2H3. The maximum atomic E-state index is 5.35. The molecule has 0 saturated carbocycles. The van der Waals surface area contributed by atoms with Crippen LogP contribution in [0.1, 0.15) is 13.8 Å². The molecule has 0 unspecified atom stereocenters. The van der Waals surface area contributed by atoms with Gasteiger partial charge in [0.1, 0.15) is 0 Å². The Hall–Kier alpha value is 0.167. The van der Waals surface area contributed by atoms with Crippen molar-refractivity contribution in [2.75, 3.05) is 13.2 Å². The van der Waals surface area contributed by atoms with Crippen LogP contribution in [0.4, 0.5) is 0 Å². The second-order valence-corrected chi connectivity index (χ2v) is 3.28. The van der Waals surface area contributed by atoms with Gasteiger partial charge < -0.3 is 8.85 Å². The Morgan fingerprint density at radius 2 is 1.80 bits per heavy atom. The predicted molar refractivity (Wildman–Crippen MR) is 44.0 cm³/mol. The molecule has 0 aliphatic rings. The topological polar surface area (TPSA) is 18.5 Å². The van der Waals surface area contributed by atoms with Crippen molar-refractivity contribution < 1.29 is 8.85 Å². The van der Waals surface area contributed by atoms with E-state index in [-0.39, 0.29) is 0 Å². The van der Waals surface area contributed by atoms with Gasteiger partial charge in [0.05, 0.1) is 0 Å². The molecule has 0 fully saturated rings. The summed E-state index contributed by atoms with van der Waals surface area (Å²) in [6, 6.07) is 0. The first-order chi connectivity index (χ1) is 4.85. The SMILES string of the molecule is CCO[Si](C=CCl)OCC. The third kappa shape index (κ3) is 4.99. The lowest BCUT2D eigenvalue weighted by Gasteiger charge is -2.07. The number of rotatable bonds is 5. The van der Waals surface area contributed by atoms with Crippen molar-refractivity contribution in [2.45, 2.75) is 13.8 Å². The number of halogens is 1. The Balaban J connectivity index is 3.50. The van der Waals surface area contributed by atoms with E-state index in [1.54, 1.807) is 5.70 Å². The van der Waals surface area contributed by atoms with Gasteiger partial charge in [0.2, 0.25) is 0 Å². The highest BCUT2D eigenvalue weighted by Gasteiger charge is 2.08. The molecule has 0 spiro atoms. The van der Waals surface area contributed by atoms with E-state index in [0.29, 0.717) is 13.2 Å². The number of hydrogen-bond donors (Lipinski definition) is 0. The quantitative estimate of drug-likeness (QED) is 0.600. The van der Waals surface area contributed by atoms with E-state index in [1.165, 1.54) is 5.54 Å². The van der Waals surface area contributed by atoms with Crippen molar-refractivity contribution in [1.82, 2.24) is 0 Å². The summed E-state index contributed by atoms with van der Waals surface area (Å²) >= 11 is 5.35. The maximum Gasteiger partial charge on any atom is 0.416 e. The van der Waals surface area contributed by atoms with Crippen molar-refractivity contribution in [3.05, 3.63) is 11.2 Å². The van der Waals surface area contributed by atoms with Crippen LogP contribution in [0.25, 0.3) is 0 Å². The van der Waals surface area contributed by atoms with Gasteiger partial charge in [0.15, 0.2) is 0 Å². The van der Waals surface area contributed by atoms with Crippen LogP contribution in [0.15, 0.2) is 11.2 Å². The molecule has 0 aromatic rings. The Bertz CT molecular complexity index is 91.7. The van der Waals surface area contributed by atoms with Crippen LogP contribution < -0.4 is 0 Å². The van der Waals surface area contributed by atoms with Crippen LogP contribution in [0.5, 0.6) is 0 Å². The fourth-order valence-corrected chi connectivity index (χ4v) is 1.73. The van der Waals surface area contributed by atoms with Gasteiger partial charge in [0, 0.05) is 18.7 Å². The van der Waals surface area contributed by atoms with Crippen molar-refractivity contribution in [3.8, 4) is 0 Å². The lowest BCUT2D eigenvalue weighted by atomic mass is 10.9. The van der Waals surface area contributed by atoms with E-state index < -0.39 is 9.28 Å².